The number of methoxy groups -OCH3 is 1. The second-order valence-electron chi connectivity index (χ2n) is 6.00. The highest BCUT2D eigenvalue weighted by molar-refractivity contribution is 5.86. The second kappa shape index (κ2) is 11.1. The highest BCUT2D eigenvalue weighted by Crippen LogP contribution is 2.22. The Morgan fingerprint density at radius 3 is 2.68 bits per heavy atom. The summed E-state index contributed by atoms with van der Waals surface area (Å²) in [4.78, 5) is 26.9. The molecule has 6 nitrogen and oxygen atoms in total. The molecule has 0 bridgehead atoms. The molecule has 2 atom stereocenters. The summed E-state index contributed by atoms with van der Waals surface area (Å²) < 4.78 is 4.97. The van der Waals surface area contributed by atoms with Gasteiger partial charge in [0, 0.05) is 20.7 Å². The molecule has 1 saturated heterocycles. The number of halogens is 1. The van der Waals surface area contributed by atoms with Gasteiger partial charge in [-0.15, -0.1) is 12.4 Å². The Morgan fingerprint density at radius 2 is 2.04 bits per heavy atom. The Kier molecular flexibility index (Phi) is 9.49. The van der Waals surface area contributed by atoms with Gasteiger partial charge in [-0.25, -0.2) is 0 Å². The van der Waals surface area contributed by atoms with Crippen molar-refractivity contribution in [3.05, 3.63) is 35.9 Å². The summed E-state index contributed by atoms with van der Waals surface area (Å²) in [7, 11) is 3.25. The first-order chi connectivity index (χ1) is 11.7. The molecule has 0 spiro atoms. The van der Waals surface area contributed by atoms with Crippen molar-refractivity contribution in [2.24, 2.45) is 0 Å². The van der Waals surface area contributed by atoms with Gasteiger partial charge >= 0.3 is 0 Å². The van der Waals surface area contributed by atoms with Gasteiger partial charge in [0.2, 0.25) is 11.8 Å². The minimum absolute atomic E-state index is 0. The van der Waals surface area contributed by atoms with E-state index in [0.717, 1.165) is 24.9 Å². The number of benzene rings is 1. The summed E-state index contributed by atoms with van der Waals surface area (Å²) >= 11 is 0. The number of carbonyl (C=O) groups excluding carboxylic acids is 2. The van der Waals surface area contributed by atoms with E-state index >= 15 is 0 Å². The topological polar surface area (TPSA) is 70.7 Å². The van der Waals surface area contributed by atoms with E-state index in [2.05, 4.69) is 10.6 Å². The van der Waals surface area contributed by atoms with E-state index < -0.39 is 0 Å². The number of carbonyl (C=O) groups is 2. The molecule has 0 unspecified atom stereocenters. The number of hydrogen-bond acceptors (Lipinski definition) is 4. The van der Waals surface area contributed by atoms with E-state index in [-0.39, 0.29) is 36.3 Å². The van der Waals surface area contributed by atoms with Crippen molar-refractivity contribution >= 4 is 24.2 Å². The van der Waals surface area contributed by atoms with E-state index in [1.165, 1.54) is 0 Å². The molecule has 0 aromatic heterocycles. The predicted molar refractivity (Wildman–Crippen MR) is 99.9 cm³/mol. The highest BCUT2D eigenvalue weighted by Gasteiger charge is 2.38. The van der Waals surface area contributed by atoms with Gasteiger partial charge in [-0.2, -0.15) is 0 Å². The lowest BCUT2D eigenvalue weighted by Gasteiger charge is -2.31. The smallest absolute Gasteiger partial charge is 0.237 e. The van der Waals surface area contributed by atoms with Crippen LogP contribution in [0.2, 0.25) is 0 Å². The number of rotatable bonds is 8. The summed E-state index contributed by atoms with van der Waals surface area (Å²) in [6, 6.07) is 9.33. The van der Waals surface area contributed by atoms with Crippen LogP contribution in [0.15, 0.2) is 30.3 Å². The van der Waals surface area contributed by atoms with Crippen LogP contribution in [0.3, 0.4) is 0 Å². The Labute approximate surface area is 155 Å². The van der Waals surface area contributed by atoms with Crippen LogP contribution < -0.4 is 10.6 Å². The predicted octanol–water partition coefficient (Wildman–Crippen LogP) is 0.993. The van der Waals surface area contributed by atoms with Crippen LogP contribution in [0.5, 0.6) is 0 Å². The summed E-state index contributed by atoms with van der Waals surface area (Å²) in [5.74, 6) is -0.0676. The Bertz CT molecular complexity index is 542. The quantitative estimate of drug-likeness (QED) is 0.670. The Morgan fingerprint density at radius 1 is 1.32 bits per heavy atom. The number of hydrogen-bond donors (Lipinski definition) is 2. The lowest BCUT2D eigenvalue weighted by molar-refractivity contribution is -0.131. The zero-order valence-electron chi connectivity index (χ0n) is 14.9. The number of likely N-dealkylation sites (N-methyl/N-ethyl adjacent to an activating group) is 1. The largest absolute Gasteiger partial charge is 0.383 e. The molecule has 1 aliphatic rings. The number of likely N-dealkylation sites (tertiary alicyclic amines) is 1. The van der Waals surface area contributed by atoms with Gasteiger partial charge in [0.05, 0.1) is 18.7 Å². The maximum absolute atomic E-state index is 12.5. The third-order valence-corrected chi connectivity index (χ3v) is 4.42. The normalized spacial score (nSPS) is 18.2. The molecule has 140 valence electrons. The molecule has 7 heteroatoms. The molecule has 1 heterocycles. The summed E-state index contributed by atoms with van der Waals surface area (Å²) in [6.07, 6.45) is 2.30. The minimum atomic E-state index is -0.335. The molecule has 1 aromatic rings. The molecular weight excluding hydrogens is 342 g/mol. The van der Waals surface area contributed by atoms with Gasteiger partial charge < -0.3 is 15.4 Å². The molecule has 0 aliphatic carbocycles. The number of nitrogens with zero attached hydrogens (tertiary/aromatic N) is 1. The van der Waals surface area contributed by atoms with Gasteiger partial charge in [0.25, 0.3) is 0 Å². The average Bonchev–Trinajstić information content (AvgIpc) is 3.09. The van der Waals surface area contributed by atoms with Crippen molar-refractivity contribution in [2.75, 3.05) is 33.9 Å². The van der Waals surface area contributed by atoms with E-state index in [0.29, 0.717) is 19.6 Å². The van der Waals surface area contributed by atoms with Crippen molar-refractivity contribution < 1.29 is 14.3 Å². The van der Waals surface area contributed by atoms with Gasteiger partial charge in [-0.3, -0.25) is 14.5 Å². The van der Waals surface area contributed by atoms with E-state index in [4.69, 9.17) is 4.74 Å². The van der Waals surface area contributed by atoms with E-state index in [9.17, 15) is 9.59 Å². The molecule has 0 saturated carbocycles. The third-order valence-electron chi connectivity index (χ3n) is 4.42. The van der Waals surface area contributed by atoms with Crippen molar-refractivity contribution in [1.29, 1.82) is 0 Å². The van der Waals surface area contributed by atoms with Gasteiger partial charge in [0.15, 0.2) is 0 Å². The molecule has 0 radical (unpaired) electrons. The van der Waals surface area contributed by atoms with Crippen LogP contribution in [0.4, 0.5) is 0 Å². The zero-order chi connectivity index (χ0) is 17.4. The van der Waals surface area contributed by atoms with Crippen LogP contribution in [0.25, 0.3) is 0 Å². The van der Waals surface area contributed by atoms with Gasteiger partial charge in [-0.1, -0.05) is 30.3 Å². The first-order valence-electron chi connectivity index (χ1n) is 8.45. The number of ether oxygens (including phenoxy) is 1. The zero-order valence-corrected chi connectivity index (χ0v) is 15.7. The molecule has 2 rings (SSSR count). The number of amides is 2. The van der Waals surface area contributed by atoms with E-state index in [1.54, 1.807) is 14.2 Å². The van der Waals surface area contributed by atoms with Crippen molar-refractivity contribution in [1.82, 2.24) is 15.5 Å². The van der Waals surface area contributed by atoms with Gasteiger partial charge in [0.1, 0.15) is 0 Å². The fourth-order valence-corrected chi connectivity index (χ4v) is 3.20. The number of nitrogens with one attached hydrogen (secondary N) is 2. The standard InChI is InChI=1S/C18H27N3O3.ClH/c1-19-17(22)16(13-14-7-4-3-5-8-14)21-11-6-9-15(21)18(23)20-10-12-24-2;/h3-5,7-8,15-16H,6,9-13H2,1-2H3,(H,19,22)(H,20,23);1H/t15-,16+;/m0./s1. The summed E-state index contributed by atoms with van der Waals surface area (Å²) in [5.41, 5.74) is 1.09. The molecule has 1 fully saturated rings. The average molecular weight is 370 g/mol. The fourth-order valence-electron chi connectivity index (χ4n) is 3.20. The van der Waals surface area contributed by atoms with Crippen LogP contribution in [-0.2, 0) is 20.7 Å². The SMILES string of the molecule is CNC(=O)[C@@H](Cc1ccccc1)N1CCC[C@H]1C(=O)NCCOC.Cl. The molecule has 1 aliphatic heterocycles. The monoisotopic (exact) mass is 369 g/mol. The Hall–Kier alpha value is -1.63. The molecule has 25 heavy (non-hydrogen) atoms. The minimum Gasteiger partial charge on any atom is -0.383 e. The van der Waals surface area contributed by atoms with E-state index in [1.807, 2.05) is 35.2 Å². The maximum Gasteiger partial charge on any atom is 0.237 e. The second-order valence-corrected chi connectivity index (χ2v) is 6.00. The molecule has 1 aromatic carbocycles. The highest BCUT2D eigenvalue weighted by atomic mass is 35.5. The molecule has 2 N–H and O–H groups in total. The van der Waals surface area contributed by atoms with Crippen LogP contribution >= 0.6 is 12.4 Å². The van der Waals surface area contributed by atoms with Crippen molar-refractivity contribution in [3.63, 3.8) is 0 Å². The lowest BCUT2D eigenvalue weighted by atomic mass is 10.0. The first-order valence-corrected chi connectivity index (χ1v) is 8.45. The van der Waals surface area contributed by atoms with Crippen molar-refractivity contribution in [2.45, 2.75) is 31.3 Å². The van der Waals surface area contributed by atoms with Crippen LogP contribution in [-0.4, -0.2) is 62.7 Å². The van der Waals surface area contributed by atoms with Crippen LogP contribution in [0, 0.1) is 0 Å². The Balaban J connectivity index is 0.00000312. The fraction of sp³-hybridized carbons (Fsp3) is 0.556. The molecular formula is C18H28ClN3O3. The first kappa shape index (κ1) is 21.4. The summed E-state index contributed by atoms with van der Waals surface area (Å²) in [6.45, 7) is 1.73. The summed E-state index contributed by atoms with van der Waals surface area (Å²) in [5, 5.41) is 5.64. The lowest BCUT2D eigenvalue weighted by Crippen LogP contribution is -2.53. The molecule has 2 amide bonds. The maximum atomic E-state index is 12.5. The van der Waals surface area contributed by atoms with Crippen molar-refractivity contribution in [3.8, 4) is 0 Å². The van der Waals surface area contributed by atoms with Crippen LogP contribution in [0.1, 0.15) is 18.4 Å². The third kappa shape index (κ3) is 5.99. The van der Waals surface area contributed by atoms with Gasteiger partial charge in [-0.05, 0) is 31.4 Å².